The topological polar surface area (TPSA) is 49.4 Å². The third-order valence-electron chi connectivity index (χ3n) is 2.97. The average molecular weight is 254 g/mol. The quantitative estimate of drug-likeness (QED) is 0.648. The maximum atomic E-state index is 5.94. The van der Waals surface area contributed by atoms with Crippen LogP contribution < -0.4 is 5.73 Å². The maximum absolute atomic E-state index is 5.94. The smallest absolute Gasteiger partial charge is 0.0700 e. The lowest BCUT2D eigenvalue weighted by molar-refractivity contribution is 0.0680. The van der Waals surface area contributed by atoms with Crippen molar-refractivity contribution in [3.05, 3.63) is 24.0 Å². The first-order valence-corrected chi connectivity index (χ1v) is 6.73. The first-order valence-electron chi connectivity index (χ1n) is 6.73. The van der Waals surface area contributed by atoms with E-state index in [9.17, 15) is 0 Å². The third-order valence-corrected chi connectivity index (χ3v) is 2.97. The molecule has 0 aromatic carbocycles. The minimum absolute atomic E-state index is 0.276. The number of nitrogens with zero attached hydrogens (tertiary/aromatic N) is 1. The molecule has 104 valence electrons. The van der Waals surface area contributed by atoms with Gasteiger partial charge in [0.15, 0.2) is 0 Å². The van der Waals surface area contributed by atoms with Gasteiger partial charge in [-0.05, 0) is 30.9 Å². The first kappa shape index (κ1) is 15.2. The normalized spacial score (nSPS) is 12.8. The summed E-state index contributed by atoms with van der Waals surface area (Å²) in [7, 11) is 1.69. The lowest BCUT2D eigenvalue weighted by Crippen LogP contribution is -2.21. The van der Waals surface area contributed by atoms with Gasteiger partial charge in [-0.25, -0.2) is 0 Å². The van der Waals surface area contributed by atoms with E-state index in [2.05, 4.69) is 30.0 Å². The van der Waals surface area contributed by atoms with Crippen LogP contribution in [0.3, 0.4) is 0 Å². The van der Waals surface area contributed by atoms with Crippen molar-refractivity contribution < 1.29 is 9.47 Å². The number of hydrogen-bond donors (Lipinski definition) is 1. The van der Waals surface area contributed by atoms with Crippen LogP contribution >= 0.6 is 0 Å². The maximum Gasteiger partial charge on any atom is 0.0700 e. The van der Waals surface area contributed by atoms with Gasteiger partial charge < -0.3 is 19.8 Å². The highest BCUT2D eigenvalue weighted by molar-refractivity contribution is 5.11. The molecule has 0 bridgehead atoms. The molecule has 0 spiro atoms. The van der Waals surface area contributed by atoms with E-state index in [0.29, 0.717) is 13.2 Å². The predicted octanol–water partition coefficient (Wildman–Crippen LogP) is 1.82. The van der Waals surface area contributed by atoms with Crippen LogP contribution in [-0.2, 0) is 22.4 Å². The van der Waals surface area contributed by atoms with Gasteiger partial charge in [-0.2, -0.15) is 0 Å². The Hall–Kier alpha value is -0.840. The van der Waals surface area contributed by atoms with Crippen LogP contribution in [0, 0.1) is 0 Å². The minimum Gasteiger partial charge on any atom is -0.382 e. The highest BCUT2D eigenvalue weighted by Crippen LogP contribution is 2.06. The summed E-state index contributed by atoms with van der Waals surface area (Å²) >= 11 is 0. The average Bonchev–Trinajstić information content (AvgIpc) is 2.81. The van der Waals surface area contributed by atoms with E-state index in [1.807, 2.05) is 0 Å². The molecule has 0 radical (unpaired) electrons. The molecule has 1 heterocycles. The molecular weight excluding hydrogens is 228 g/mol. The van der Waals surface area contributed by atoms with E-state index in [0.717, 1.165) is 32.4 Å². The molecule has 1 aromatic rings. The van der Waals surface area contributed by atoms with Gasteiger partial charge in [-0.15, -0.1) is 0 Å². The Morgan fingerprint density at radius 3 is 2.89 bits per heavy atom. The molecule has 1 rings (SSSR count). The van der Waals surface area contributed by atoms with Crippen LogP contribution in [0.1, 0.15) is 25.3 Å². The standard InChI is InChI=1S/C14H26N2O2/c1-3-14(15)11-13-5-7-16(12-13)6-4-8-18-10-9-17-2/h5,7,12,14H,3-4,6,8-11,15H2,1-2H3. The summed E-state index contributed by atoms with van der Waals surface area (Å²) in [6, 6.07) is 2.43. The van der Waals surface area contributed by atoms with Gasteiger partial charge in [0.05, 0.1) is 13.2 Å². The molecule has 1 unspecified atom stereocenters. The number of hydrogen-bond acceptors (Lipinski definition) is 3. The summed E-state index contributed by atoms with van der Waals surface area (Å²) in [5.41, 5.74) is 7.27. The largest absolute Gasteiger partial charge is 0.382 e. The van der Waals surface area contributed by atoms with Crippen LogP contribution in [0.5, 0.6) is 0 Å². The Morgan fingerprint density at radius 2 is 2.17 bits per heavy atom. The van der Waals surface area contributed by atoms with Gasteiger partial charge in [0.1, 0.15) is 0 Å². The molecule has 1 atom stereocenters. The van der Waals surface area contributed by atoms with Crippen molar-refractivity contribution in [1.82, 2.24) is 4.57 Å². The lowest BCUT2D eigenvalue weighted by Gasteiger charge is -2.06. The van der Waals surface area contributed by atoms with Crippen LogP contribution in [0.4, 0.5) is 0 Å². The van der Waals surface area contributed by atoms with E-state index >= 15 is 0 Å². The Bertz CT molecular complexity index is 312. The fourth-order valence-electron chi connectivity index (χ4n) is 1.79. The molecule has 0 aliphatic rings. The fraction of sp³-hybridized carbons (Fsp3) is 0.714. The van der Waals surface area contributed by atoms with Crippen molar-refractivity contribution in [2.75, 3.05) is 26.9 Å². The summed E-state index contributed by atoms with van der Waals surface area (Å²) in [4.78, 5) is 0. The zero-order chi connectivity index (χ0) is 13.2. The number of aryl methyl sites for hydroxylation is 1. The third kappa shape index (κ3) is 6.19. The van der Waals surface area contributed by atoms with Crippen LogP contribution in [0.15, 0.2) is 18.5 Å². The van der Waals surface area contributed by atoms with Gasteiger partial charge in [0, 0.05) is 38.7 Å². The van der Waals surface area contributed by atoms with E-state index in [-0.39, 0.29) is 6.04 Å². The number of aromatic nitrogens is 1. The van der Waals surface area contributed by atoms with Crippen LogP contribution in [0.25, 0.3) is 0 Å². The molecule has 4 nitrogen and oxygen atoms in total. The predicted molar refractivity (Wildman–Crippen MR) is 73.7 cm³/mol. The highest BCUT2D eigenvalue weighted by atomic mass is 16.5. The first-order chi connectivity index (χ1) is 8.76. The van der Waals surface area contributed by atoms with Crippen molar-refractivity contribution in [2.45, 2.75) is 38.8 Å². The zero-order valence-corrected chi connectivity index (χ0v) is 11.6. The van der Waals surface area contributed by atoms with Crippen molar-refractivity contribution in [1.29, 1.82) is 0 Å². The zero-order valence-electron chi connectivity index (χ0n) is 11.6. The number of ether oxygens (including phenoxy) is 2. The Labute approximate surface area is 110 Å². The number of methoxy groups -OCH3 is 1. The monoisotopic (exact) mass is 254 g/mol. The Morgan fingerprint density at radius 1 is 1.33 bits per heavy atom. The van der Waals surface area contributed by atoms with Crippen LogP contribution in [-0.4, -0.2) is 37.5 Å². The fourth-order valence-corrected chi connectivity index (χ4v) is 1.79. The van der Waals surface area contributed by atoms with E-state index in [1.165, 1.54) is 5.56 Å². The molecule has 0 fully saturated rings. The minimum atomic E-state index is 0.276. The van der Waals surface area contributed by atoms with Gasteiger partial charge in [-0.3, -0.25) is 0 Å². The molecule has 0 aliphatic carbocycles. The molecule has 0 saturated heterocycles. The molecule has 0 saturated carbocycles. The summed E-state index contributed by atoms with van der Waals surface area (Å²) < 4.78 is 12.5. The second-order valence-electron chi connectivity index (χ2n) is 4.59. The van der Waals surface area contributed by atoms with Gasteiger partial charge in [0.2, 0.25) is 0 Å². The van der Waals surface area contributed by atoms with Crippen molar-refractivity contribution >= 4 is 0 Å². The summed E-state index contributed by atoms with van der Waals surface area (Å²) in [5, 5.41) is 0. The second kappa shape index (κ2) is 9.14. The molecular formula is C14H26N2O2. The number of rotatable bonds is 10. The van der Waals surface area contributed by atoms with Gasteiger partial charge >= 0.3 is 0 Å². The summed E-state index contributed by atoms with van der Waals surface area (Å²) in [6.45, 7) is 5.25. The molecule has 2 N–H and O–H groups in total. The van der Waals surface area contributed by atoms with Crippen molar-refractivity contribution in [3.8, 4) is 0 Å². The number of nitrogens with two attached hydrogens (primary N) is 1. The van der Waals surface area contributed by atoms with E-state index in [4.69, 9.17) is 15.2 Å². The molecule has 0 aliphatic heterocycles. The van der Waals surface area contributed by atoms with Crippen LogP contribution in [0.2, 0.25) is 0 Å². The van der Waals surface area contributed by atoms with E-state index in [1.54, 1.807) is 7.11 Å². The van der Waals surface area contributed by atoms with Crippen molar-refractivity contribution in [2.24, 2.45) is 5.73 Å². The van der Waals surface area contributed by atoms with Gasteiger partial charge in [0.25, 0.3) is 0 Å². The molecule has 4 heteroatoms. The lowest BCUT2D eigenvalue weighted by atomic mass is 10.1. The van der Waals surface area contributed by atoms with Gasteiger partial charge in [-0.1, -0.05) is 6.92 Å². The highest BCUT2D eigenvalue weighted by Gasteiger charge is 2.02. The van der Waals surface area contributed by atoms with Crippen molar-refractivity contribution in [3.63, 3.8) is 0 Å². The Balaban J connectivity index is 2.15. The van der Waals surface area contributed by atoms with E-state index < -0.39 is 0 Å². The SMILES string of the molecule is CCC(N)Cc1ccn(CCCOCCOC)c1. The second-order valence-corrected chi connectivity index (χ2v) is 4.59. The molecule has 18 heavy (non-hydrogen) atoms. The summed E-state index contributed by atoms with van der Waals surface area (Å²) in [6.07, 6.45) is 7.32. The molecule has 0 amide bonds. The Kier molecular flexibility index (Phi) is 7.73. The molecule has 1 aromatic heterocycles. The summed E-state index contributed by atoms with van der Waals surface area (Å²) in [5.74, 6) is 0.